The van der Waals surface area contributed by atoms with E-state index in [4.69, 9.17) is 4.43 Å². The first-order valence-electron chi connectivity index (χ1n) is 10.8. The maximum atomic E-state index is 13.4. The molecule has 1 heterocycles. The van der Waals surface area contributed by atoms with Crippen LogP contribution in [0.25, 0.3) is 0 Å². The van der Waals surface area contributed by atoms with E-state index in [9.17, 15) is 4.79 Å². The Morgan fingerprint density at radius 1 is 1.07 bits per heavy atom. The van der Waals surface area contributed by atoms with Crippen LogP contribution in [0.5, 0.6) is 0 Å². The van der Waals surface area contributed by atoms with E-state index < -0.39 is 13.9 Å². The summed E-state index contributed by atoms with van der Waals surface area (Å²) in [4.78, 5) is 15.4. The van der Waals surface area contributed by atoms with Crippen molar-refractivity contribution in [3.8, 4) is 0 Å². The SMILES string of the molecule is CC(C)[C@H](N[C@H](c1ccccc1)C(C)(C)O[Si](C)(C)C)C(=O)N1CCCCC1. The van der Waals surface area contributed by atoms with E-state index in [0.29, 0.717) is 0 Å². The van der Waals surface area contributed by atoms with Crippen molar-refractivity contribution in [3.63, 3.8) is 0 Å². The lowest BCUT2D eigenvalue weighted by Gasteiger charge is -2.43. The van der Waals surface area contributed by atoms with Crippen LogP contribution in [0.1, 0.15) is 58.6 Å². The number of piperidine rings is 1. The third-order valence-electron chi connectivity index (χ3n) is 5.34. The smallest absolute Gasteiger partial charge is 0.239 e. The Morgan fingerprint density at radius 3 is 2.14 bits per heavy atom. The molecule has 0 spiro atoms. The van der Waals surface area contributed by atoms with E-state index >= 15 is 0 Å². The second-order valence-electron chi connectivity index (χ2n) is 9.94. The maximum Gasteiger partial charge on any atom is 0.239 e. The van der Waals surface area contributed by atoms with Crippen LogP contribution in [0, 0.1) is 5.92 Å². The first-order chi connectivity index (χ1) is 13.0. The van der Waals surface area contributed by atoms with Gasteiger partial charge in [0.1, 0.15) is 0 Å². The number of hydrogen-bond donors (Lipinski definition) is 1. The number of nitrogens with one attached hydrogen (secondary N) is 1. The summed E-state index contributed by atoms with van der Waals surface area (Å²) in [6.07, 6.45) is 3.46. The van der Waals surface area contributed by atoms with Gasteiger partial charge in [-0.05, 0) is 64.2 Å². The average Bonchev–Trinajstić information content (AvgIpc) is 2.61. The highest BCUT2D eigenvalue weighted by Gasteiger charge is 2.39. The number of likely N-dealkylation sites (tertiary alicyclic amines) is 1. The Kier molecular flexibility index (Phi) is 7.88. The number of carbonyl (C=O) groups excluding carboxylic acids is 1. The lowest BCUT2D eigenvalue weighted by atomic mass is 9.89. The molecule has 1 saturated heterocycles. The Morgan fingerprint density at radius 2 is 1.64 bits per heavy atom. The van der Waals surface area contributed by atoms with Gasteiger partial charge in [-0.3, -0.25) is 10.1 Å². The third kappa shape index (κ3) is 6.43. The van der Waals surface area contributed by atoms with Crippen molar-refractivity contribution in [2.75, 3.05) is 13.1 Å². The van der Waals surface area contributed by atoms with E-state index in [-0.39, 0.29) is 23.9 Å². The van der Waals surface area contributed by atoms with Crippen molar-refractivity contribution < 1.29 is 9.22 Å². The fraction of sp³-hybridized carbons (Fsp3) is 0.696. The normalized spacial score (nSPS) is 18.2. The summed E-state index contributed by atoms with van der Waals surface area (Å²) in [5.74, 6) is 0.447. The quantitative estimate of drug-likeness (QED) is 0.621. The fourth-order valence-electron chi connectivity index (χ4n) is 4.23. The molecule has 0 radical (unpaired) electrons. The molecule has 1 aromatic carbocycles. The van der Waals surface area contributed by atoms with Gasteiger partial charge in [0, 0.05) is 13.1 Å². The molecule has 2 atom stereocenters. The van der Waals surface area contributed by atoms with Gasteiger partial charge in [0.25, 0.3) is 0 Å². The number of carbonyl (C=O) groups is 1. The van der Waals surface area contributed by atoms with E-state index in [1.54, 1.807) is 0 Å². The van der Waals surface area contributed by atoms with Crippen LogP contribution < -0.4 is 5.32 Å². The molecular formula is C23H40N2O2Si. The standard InChI is InChI=1S/C23H40N2O2Si/c1-18(2)20(22(26)25-16-12-9-13-17-25)24-21(19-14-10-8-11-15-19)23(3,4)27-28(5,6)7/h8,10-11,14-15,18,20-21,24H,9,12-13,16-17H2,1-7H3/t20-,21+/m0/s1. The summed E-state index contributed by atoms with van der Waals surface area (Å²) in [6.45, 7) is 17.0. The number of amides is 1. The largest absolute Gasteiger partial charge is 0.411 e. The fourth-order valence-corrected chi connectivity index (χ4v) is 5.93. The summed E-state index contributed by atoms with van der Waals surface area (Å²) in [5.41, 5.74) is 0.754. The Balaban J connectivity index is 2.31. The molecule has 1 fully saturated rings. The molecule has 1 aromatic rings. The molecule has 0 bridgehead atoms. The van der Waals surface area contributed by atoms with Crippen molar-refractivity contribution in [2.24, 2.45) is 5.92 Å². The molecule has 0 aromatic heterocycles. The zero-order valence-corrected chi connectivity index (χ0v) is 19.9. The molecule has 1 aliphatic heterocycles. The molecule has 28 heavy (non-hydrogen) atoms. The van der Waals surface area contributed by atoms with Crippen molar-refractivity contribution in [2.45, 2.75) is 84.3 Å². The minimum atomic E-state index is -1.76. The Hall–Kier alpha value is -1.17. The zero-order chi connectivity index (χ0) is 20.9. The predicted octanol–water partition coefficient (Wildman–Crippen LogP) is 4.98. The highest BCUT2D eigenvalue weighted by atomic mass is 28.4. The van der Waals surface area contributed by atoms with Gasteiger partial charge in [-0.1, -0.05) is 44.2 Å². The van der Waals surface area contributed by atoms with Crippen LogP contribution in [0.2, 0.25) is 19.6 Å². The van der Waals surface area contributed by atoms with Crippen molar-refractivity contribution in [1.82, 2.24) is 10.2 Å². The Bertz CT molecular complexity index is 619. The molecular weight excluding hydrogens is 364 g/mol. The van der Waals surface area contributed by atoms with Crippen LogP contribution in [-0.4, -0.2) is 43.9 Å². The van der Waals surface area contributed by atoms with E-state index in [1.807, 2.05) is 6.07 Å². The summed E-state index contributed by atoms with van der Waals surface area (Å²) < 4.78 is 6.60. The van der Waals surface area contributed by atoms with Gasteiger partial charge in [-0.2, -0.15) is 0 Å². The van der Waals surface area contributed by atoms with Crippen molar-refractivity contribution in [1.29, 1.82) is 0 Å². The highest BCUT2D eigenvalue weighted by molar-refractivity contribution is 6.69. The topological polar surface area (TPSA) is 41.6 Å². The molecule has 0 unspecified atom stereocenters. The molecule has 4 nitrogen and oxygen atoms in total. The summed E-state index contributed by atoms with van der Waals surface area (Å²) in [6, 6.07) is 10.2. The van der Waals surface area contributed by atoms with E-state index in [1.165, 1.54) is 12.0 Å². The lowest BCUT2D eigenvalue weighted by Crippen LogP contribution is -2.56. The minimum absolute atomic E-state index is 0.0541. The summed E-state index contributed by atoms with van der Waals surface area (Å²) in [7, 11) is -1.76. The molecule has 0 saturated carbocycles. The van der Waals surface area contributed by atoms with Crippen LogP contribution in [0.4, 0.5) is 0 Å². The predicted molar refractivity (Wildman–Crippen MR) is 120 cm³/mol. The Labute approximate surface area is 173 Å². The number of benzene rings is 1. The van der Waals surface area contributed by atoms with Crippen molar-refractivity contribution >= 4 is 14.2 Å². The van der Waals surface area contributed by atoms with E-state index in [2.05, 4.69) is 81.8 Å². The van der Waals surface area contributed by atoms with Gasteiger partial charge in [-0.25, -0.2) is 0 Å². The molecule has 1 aliphatic rings. The first-order valence-corrected chi connectivity index (χ1v) is 14.2. The van der Waals surface area contributed by atoms with Gasteiger partial charge in [0.15, 0.2) is 8.32 Å². The van der Waals surface area contributed by atoms with Crippen LogP contribution in [-0.2, 0) is 9.22 Å². The van der Waals surface area contributed by atoms with Crippen LogP contribution in [0.15, 0.2) is 30.3 Å². The molecule has 5 heteroatoms. The average molecular weight is 405 g/mol. The number of rotatable bonds is 8. The van der Waals surface area contributed by atoms with Crippen molar-refractivity contribution in [3.05, 3.63) is 35.9 Å². The van der Waals surface area contributed by atoms with Gasteiger partial charge in [-0.15, -0.1) is 0 Å². The third-order valence-corrected chi connectivity index (χ3v) is 6.48. The summed E-state index contributed by atoms with van der Waals surface area (Å²) in [5, 5.41) is 3.74. The second-order valence-corrected chi connectivity index (χ2v) is 14.4. The molecule has 1 N–H and O–H groups in total. The van der Waals surface area contributed by atoms with E-state index in [0.717, 1.165) is 25.9 Å². The van der Waals surface area contributed by atoms with Gasteiger partial charge in [0.05, 0.1) is 17.7 Å². The zero-order valence-electron chi connectivity index (χ0n) is 18.9. The van der Waals surface area contributed by atoms with Crippen LogP contribution in [0.3, 0.4) is 0 Å². The number of hydrogen-bond acceptors (Lipinski definition) is 3. The monoisotopic (exact) mass is 404 g/mol. The molecule has 2 rings (SSSR count). The van der Waals surface area contributed by atoms with Crippen LogP contribution >= 0.6 is 0 Å². The minimum Gasteiger partial charge on any atom is -0.411 e. The second kappa shape index (κ2) is 9.55. The lowest BCUT2D eigenvalue weighted by molar-refractivity contribution is -0.136. The molecule has 1 amide bonds. The summed E-state index contributed by atoms with van der Waals surface area (Å²) >= 11 is 0. The molecule has 0 aliphatic carbocycles. The maximum absolute atomic E-state index is 13.4. The highest BCUT2D eigenvalue weighted by Crippen LogP contribution is 2.33. The first kappa shape index (κ1) is 23.1. The van der Waals surface area contributed by atoms with Gasteiger partial charge >= 0.3 is 0 Å². The van der Waals surface area contributed by atoms with Gasteiger partial charge in [0.2, 0.25) is 5.91 Å². The van der Waals surface area contributed by atoms with Gasteiger partial charge < -0.3 is 9.33 Å². The molecule has 158 valence electrons. The number of nitrogens with zero attached hydrogens (tertiary/aromatic N) is 1.